The largest absolute Gasteiger partial charge is 0.369 e. The number of amides is 1. The molecule has 0 atom stereocenters. The van der Waals surface area contributed by atoms with Crippen LogP contribution in [-0.4, -0.2) is 21.2 Å². The molecule has 2 rings (SSSR count). The number of primary amides is 1. The van der Waals surface area contributed by atoms with E-state index in [1.807, 2.05) is 18.2 Å². The van der Waals surface area contributed by atoms with Gasteiger partial charge in [0, 0.05) is 14.5 Å². The van der Waals surface area contributed by atoms with E-state index >= 15 is 0 Å². The summed E-state index contributed by atoms with van der Waals surface area (Å²) in [5.74, 6) is -0.125. The first-order chi connectivity index (χ1) is 8.58. The van der Waals surface area contributed by atoms with Crippen molar-refractivity contribution in [3.05, 3.63) is 27.1 Å². The van der Waals surface area contributed by atoms with Crippen molar-refractivity contribution in [2.45, 2.75) is 4.21 Å². The van der Waals surface area contributed by atoms with Gasteiger partial charge in [-0.05, 0) is 23.7 Å². The Balaban J connectivity index is 2.33. The molecule has 0 aliphatic rings. The molecule has 4 nitrogen and oxygen atoms in total. The van der Waals surface area contributed by atoms with Crippen molar-refractivity contribution >= 4 is 61.1 Å². The molecule has 1 aromatic carbocycles. The minimum atomic E-state index is -0.353. The fourth-order valence-electron chi connectivity index (χ4n) is 1.26. The van der Waals surface area contributed by atoms with Gasteiger partial charge in [0.2, 0.25) is 5.91 Å². The Morgan fingerprint density at radius 2 is 2.22 bits per heavy atom. The van der Waals surface area contributed by atoms with Crippen LogP contribution in [0, 0.1) is 0 Å². The number of aromatic nitrogens is 2. The summed E-state index contributed by atoms with van der Waals surface area (Å²) in [7, 11) is 0. The molecule has 94 valence electrons. The second-order valence-electron chi connectivity index (χ2n) is 3.29. The Morgan fingerprint density at radius 1 is 1.44 bits per heavy atom. The van der Waals surface area contributed by atoms with Crippen molar-refractivity contribution in [2.24, 2.45) is 5.73 Å². The van der Waals surface area contributed by atoms with E-state index in [-0.39, 0.29) is 11.7 Å². The van der Waals surface area contributed by atoms with Gasteiger partial charge in [-0.2, -0.15) is 0 Å². The summed E-state index contributed by atoms with van der Waals surface area (Å²) >= 11 is 9.50. The normalized spacial score (nSPS) is 10.6. The van der Waals surface area contributed by atoms with Crippen LogP contribution >= 0.6 is 55.2 Å². The minimum absolute atomic E-state index is 0.227. The van der Waals surface area contributed by atoms with Gasteiger partial charge < -0.3 is 5.73 Å². The molecular weight excluding hydrogens is 402 g/mol. The van der Waals surface area contributed by atoms with Crippen LogP contribution in [0.2, 0.25) is 0 Å². The molecule has 0 bridgehead atoms. The predicted octanol–water partition coefficient (Wildman–Crippen LogP) is 3.31. The lowest BCUT2D eigenvalue weighted by atomic mass is 10.2. The smallest absolute Gasteiger partial charge is 0.227 e. The first-order valence-corrected chi connectivity index (χ1v) is 8.11. The summed E-state index contributed by atoms with van der Waals surface area (Å²) in [5.41, 5.74) is 6.85. The second kappa shape index (κ2) is 6.14. The van der Waals surface area contributed by atoms with E-state index in [0.29, 0.717) is 0 Å². The quantitative estimate of drug-likeness (QED) is 0.788. The van der Waals surface area contributed by atoms with Crippen molar-refractivity contribution in [1.82, 2.24) is 9.59 Å². The Bertz CT molecular complexity index is 588. The van der Waals surface area contributed by atoms with Gasteiger partial charge in [0.25, 0.3) is 0 Å². The van der Waals surface area contributed by atoms with Crippen molar-refractivity contribution in [1.29, 1.82) is 0 Å². The van der Waals surface area contributed by atoms with Crippen molar-refractivity contribution in [3.8, 4) is 11.3 Å². The third-order valence-corrected chi connectivity index (χ3v) is 5.12. The molecule has 0 aliphatic heterocycles. The summed E-state index contributed by atoms with van der Waals surface area (Å²) in [4.78, 5) is 10.8. The van der Waals surface area contributed by atoms with Gasteiger partial charge in [-0.15, -0.1) is 16.9 Å². The van der Waals surface area contributed by atoms with Gasteiger partial charge >= 0.3 is 0 Å². The van der Waals surface area contributed by atoms with Gasteiger partial charge in [0.15, 0.2) is 0 Å². The zero-order valence-corrected chi connectivity index (χ0v) is 13.7. The summed E-state index contributed by atoms with van der Waals surface area (Å²) in [6.45, 7) is 0. The van der Waals surface area contributed by atoms with Crippen LogP contribution in [0.5, 0.6) is 0 Å². The monoisotopic (exact) mass is 407 g/mol. The lowest BCUT2D eigenvalue weighted by Crippen LogP contribution is -2.12. The maximum atomic E-state index is 10.8. The van der Waals surface area contributed by atoms with E-state index in [2.05, 4.69) is 41.4 Å². The fourth-order valence-corrected chi connectivity index (χ4v) is 3.98. The van der Waals surface area contributed by atoms with E-state index in [1.54, 1.807) is 0 Å². The number of carbonyl (C=O) groups excluding carboxylic acids is 1. The van der Waals surface area contributed by atoms with Crippen LogP contribution in [0.1, 0.15) is 0 Å². The van der Waals surface area contributed by atoms with Crippen molar-refractivity contribution < 1.29 is 4.79 Å². The molecule has 0 saturated heterocycles. The molecule has 0 fully saturated rings. The van der Waals surface area contributed by atoms with Gasteiger partial charge in [-0.3, -0.25) is 4.79 Å². The Morgan fingerprint density at radius 3 is 2.89 bits per heavy atom. The van der Waals surface area contributed by atoms with E-state index in [9.17, 15) is 4.79 Å². The molecular formula is C10H7Br2N3OS2. The number of nitrogens with two attached hydrogens (primary N) is 1. The van der Waals surface area contributed by atoms with E-state index in [0.717, 1.165) is 24.4 Å². The number of nitrogens with zero attached hydrogens (tertiary/aromatic N) is 2. The molecule has 2 aromatic rings. The molecule has 2 N–H and O–H groups in total. The zero-order valence-electron chi connectivity index (χ0n) is 8.89. The number of rotatable bonds is 4. The third-order valence-electron chi connectivity index (χ3n) is 1.99. The maximum Gasteiger partial charge on any atom is 0.227 e. The molecule has 0 spiro atoms. The van der Waals surface area contributed by atoms with Crippen LogP contribution in [-0.2, 0) is 4.79 Å². The molecule has 1 amide bonds. The molecule has 1 aromatic heterocycles. The number of hydrogen-bond donors (Lipinski definition) is 1. The zero-order chi connectivity index (χ0) is 13.1. The molecule has 0 aliphatic carbocycles. The van der Waals surface area contributed by atoms with E-state index in [4.69, 9.17) is 5.73 Å². The van der Waals surface area contributed by atoms with Crippen molar-refractivity contribution in [3.63, 3.8) is 0 Å². The predicted molar refractivity (Wildman–Crippen MR) is 80.7 cm³/mol. The minimum Gasteiger partial charge on any atom is -0.369 e. The highest BCUT2D eigenvalue weighted by Crippen LogP contribution is 2.37. The number of benzene rings is 1. The fraction of sp³-hybridized carbons (Fsp3) is 0.100. The Kier molecular flexibility index (Phi) is 4.77. The van der Waals surface area contributed by atoms with E-state index < -0.39 is 0 Å². The standard InChI is InChI=1S/C10H7Br2N3OS2/c11-5-1-2-6(7(12)3-5)9-10(18-15-14-9)17-4-8(13)16/h1-3H,4H2,(H2,13,16). The molecule has 0 radical (unpaired) electrons. The number of hydrogen-bond acceptors (Lipinski definition) is 5. The van der Waals surface area contributed by atoms with Gasteiger partial charge in [-0.1, -0.05) is 42.4 Å². The summed E-state index contributed by atoms with van der Waals surface area (Å²) < 4.78 is 6.71. The molecule has 0 unspecified atom stereocenters. The van der Waals surface area contributed by atoms with Gasteiger partial charge in [0.05, 0.1) is 5.75 Å². The SMILES string of the molecule is NC(=O)CSc1snnc1-c1ccc(Br)cc1Br. The Hall–Kier alpha value is -0.440. The van der Waals surface area contributed by atoms with Crippen LogP contribution in [0.3, 0.4) is 0 Å². The lowest BCUT2D eigenvalue weighted by Gasteiger charge is -2.03. The summed E-state index contributed by atoms with van der Waals surface area (Å²) in [5, 5.41) is 4.11. The highest BCUT2D eigenvalue weighted by molar-refractivity contribution is 9.11. The third kappa shape index (κ3) is 3.31. The Labute approximate surface area is 129 Å². The van der Waals surface area contributed by atoms with Gasteiger partial charge in [-0.25, -0.2) is 0 Å². The molecule has 8 heteroatoms. The molecule has 18 heavy (non-hydrogen) atoms. The van der Waals surface area contributed by atoms with Gasteiger partial charge in [0.1, 0.15) is 9.90 Å². The topological polar surface area (TPSA) is 68.9 Å². The molecule has 0 saturated carbocycles. The number of thioether (sulfide) groups is 1. The van der Waals surface area contributed by atoms with Crippen LogP contribution in [0.25, 0.3) is 11.3 Å². The summed E-state index contributed by atoms with van der Waals surface area (Å²) in [6, 6.07) is 5.82. The van der Waals surface area contributed by atoms with Crippen molar-refractivity contribution in [2.75, 3.05) is 5.75 Å². The van der Waals surface area contributed by atoms with Crippen LogP contribution < -0.4 is 5.73 Å². The summed E-state index contributed by atoms with van der Waals surface area (Å²) in [6.07, 6.45) is 0. The molecule has 1 heterocycles. The maximum absolute atomic E-state index is 10.8. The first kappa shape index (κ1) is 14.0. The average Bonchev–Trinajstić information content (AvgIpc) is 2.74. The highest BCUT2D eigenvalue weighted by atomic mass is 79.9. The van der Waals surface area contributed by atoms with E-state index in [1.165, 1.54) is 23.3 Å². The second-order valence-corrected chi connectivity index (χ2v) is 7.06. The van der Waals surface area contributed by atoms with Crippen LogP contribution in [0.4, 0.5) is 0 Å². The average molecular weight is 409 g/mol. The highest BCUT2D eigenvalue weighted by Gasteiger charge is 2.14. The van der Waals surface area contributed by atoms with Crippen LogP contribution in [0.15, 0.2) is 31.4 Å². The lowest BCUT2D eigenvalue weighted by molar-refractivity contribution is -0.115. The number of halogens is 2. The first-order valence-electron chi connectivity index (χ1n) is 4.77. The number of carbonyl (C=O) groups is 1.